The molecule has 0 aromatic heterocycles. The van der Waals surface area contributed by atoms with E-state index in [1.54, 1.807) is 0 Å². The average molecular weight is 420 g/mol. The van der Waals surface area contributed by atoms with Crippen LogP contribution in [0.25, 0.3) is 0 Å². The van der Waals surface area contributed by atoms with Gasteiger partial charge >= 0.3 is 0 Å². The molecule has 4 nitrogen and oxygen atoms in total. The van der Waals surface area contributed by atoms with Crippen LogP contribution >= 0.6 is 27.7 Å². The number of hydrogen-bond acceptors (Lipinski definition) is 4. The fraction of sp³-hybridized carbons (Fsp3) is 0.263. The lowest BCUT2D eigenvalue weighted by molar-refractivity contribution is -0.127. The zero-order valence-corrected chi connectivity index (χ0v) is 16.2. The number of carbonyl (C=O) groups excluding carboxylic acids is 2. The lowest BCUT2D eigenvalue weighted by Crippen LogP contribution is -2.31. The molecule has 130 valence electrons. The zero-order valence-electron chi connectivity index (χ0n) is 13.8. The van der Waals surface area contributed by atoms with E-state index in [1.165, 1.54) is 4.90 Å². The van der Waals surface area contributed by atoms with Crippen molar-refractivity contribution >= 4 is 38.8 Å². The van der Waals surface area contributed by atoms with Crippen molar-refractivity contribution in [2.75, 3.05) is 6.61 Å². The van der Waals surface area contributed by atoms with Gasteiger partial charge in [0.2, 0.25) is 5.91 Å². The molecule has 0 saturated carbocycles. The quantitative estimate of drug-likeness (QED) is 0.683. The Kier molecular flexibility index (Phi) is 5.81. The summed E-state index contributed by atoms with van der Waals surface area (Å²) >= 11 is 4.55. The van der Waals surface area contributed by atoms with Crippen LogP contribution in [0.3, 0.4) is 0 Å². The average Bonchev–Trinajstić information content (AvgIpc) is 2.86. The number of carbonyl (C=O) groups is 2. The maximum Gasteiger partial charge on any atom is 0.289 e. The van der Waals surface area contributed by atoms with Gasteiger partial charge in [-0.1, -0.05) is 58.0 Å². The maximum atomic E-state index is 12.7. The largest absolute Gasteiger partial charge is 0.494 e. The first-order valence-corrected chi connectivity index (χ1v) is 9.73. The fourth-order valence-electron chi connectivity index (χ4n) is 2.74. The van der Waals surface area contributed by atoms with Crippen molar-refractivity contribution in [3.05, 3.63) is 64.1 Å². The minimum Gasteiger partial charge on any atom is -0.494 e. The molecule has 0 radical (unpaired) electrons. The van der Waals surface area contributed by atoms with Crippen LogP contribution in [0, 0.1) is 0 Å². The molecule has 1 heterocycles. The van der Waals surface area contributed by atoms with Gasteiger partial charge in [-0.25, -0.2) is 0 Å². The van der Waals surface area contributed by atoms with E-state index in [1.807, 2.05) is 55.5 Å². The maximum absolute atomic E-state index is 12.7. The van der Waals surface area contributed by atoms with Crippen LogP contribution < -0.4 is 4.74 Å². The van der Waals surface area contributed by atoms with E-state index in [-0.39, 0.29) is 11.1 Å². The molecule has 0 spiro atoms. The molecule has 1 fully saturated rings. The Morgan fingerprint density at radius 3 is 2.64 bits per heavy atom. The summed E-state index contributed by atoms with van der Waals surface area (Å²) in [6.45, 7) is 2.80. The molecule has 3 rings (SSSR count). The summed E-state index contributed by atoms with van der Waals surface area (Å²) in [6, 6.07) is 15.3. The summed E-state index contributed by atoms with van der Waals surface area (Å²) in [6.07, 6.45) is 0.468. The number of imide groups is 1. The van der Waals surface area contributed by atoms with Crippen molar-refractivity contribution < 1.29 is 14.3 Å². The van der Waals surface area contributed by atoms with Gasteiger partial charge in [-0.2, -0.15) is 0 Å². The van der Waals surface area contributed by atoms with E-state index < -0.39 is 5.25 Å². The van der Waals surface area contributed by atoms with Crippen LogP contribution in [0.5, 0.6) is 5.75 Å². The third-order valence-corrected chi connectivity index (χ3v) is 5.48. The molecule has 2 amide bonds. The highest BCUT2D eigenvalue weighted by Crippen LogP contribution is 2.34. The summed E-state index contributed by atoms with van der Waals surface area (Å²) in [5.74, 6) is 0.620. The number of hydrogen-bond donors (Lipinski definition) is 0. The van der Waals surface area contributed by atoms with Crippen molar-refractivity contribution in [1.82, 2.24) is 4.90 Å². The normalized spacial score (nSPS) is 17.2. The first kappa shape index (κ1) is 18.0. The summed E-state index contributed by atoms with van der Waals surface area (Å²) in [5, 5.41) is -0.600. The second-order valence-electron chi connectivity index (χ2n) is 5.67. The summed E-state index contributed by atoms with van der Waals surface area (Å²) in [4.78, 5) is 26.3. The number of amides is 2. The second-order valence-corrected chi connectivity index (χ2v) is 7.74. The highest BCUT2D eigenvalue weighted by molar-refractivity contribution is 9.10. The summed E-state index contributed by atoms with van der Waals surface area (Å²) in [5.41, 5.74) is 1.87. The first-order valence-electron chi connectivity index (χ1n) is 8.05. The molecular formula is C19H18BrNO3S. The van der Waals surface area contributed by atoms with E-state index in [2.05, 4.69) is 15.9 Å². The molecule has 0 N–H and O–H groups in total. The summed E-state index contributed by atoms with van der Waals surface area (Å²) in [7, 11) is 0. The third-order valence-electron chi connectivity index (χ3n) is 3.92. The Hall–Kier alpha value is -1.79. The monoisotopic (exact) mass is 419 g/mol. The van der Waals surface area contributed by atoms with Gasteiger partial charge in [0.15, 0.2) is 0 Å². The van der Waals surface area contributed by atoms with Crippen LogP contribution in [0.4, 0.5) is 4.79 Å². The van der Waals surface area contributed by atoms with E-state index in [9.17, 15) is 9.59 Å². The molecule has 1 atom stereocenters. The van der Waals surface area contributed by atoms with Gasteiger partial charge in [0, 0.05) is 4.47 Å². The smallest absolute Gasteiger partial charge is 0.289 e. The van der Waals surface area contributed by atoms with E-state index >= 15 is 0 Å². The molecule has 0 unspecified atom stereocenters. The van der Waals surface area contributed by atoms with Crippen molar-refractivity contribution in [2.45, 2.75) is 25.1 Å². The van der Waals surface area contributed by atoms with Crippen molar-refractivity contribution in [2.24, 2.45) is 0 Å². The Bertz CT molecular complexity index is 781. The van der Waals surface area contributed by atoms with Gasteiger partial charge < -0.3 is 4.74 Å². The third kappa shape index (κ3) is 4.25. The van der Waals surface area contributed by atoms with Crippen molar-refractivity contribution in [1.29, 1.82) is 0 Å². The lowest BCUT2D eigenvalue weighted by Gasteiger charge is -2.15. The lowest BCUT2D eigenvalue weighted by atomic mass is 10.1. The molecule has 6 heteroatoms. The number of benzene rings is 2. The molecule has 2 aromatic carbocycles. The Labute approximate surface area is 159 Å². The van der Waals surface area contributed by atoms with Crippen LogP contribution in [0.15, 0.2) is 53.0 Å². The summed E-state index contributed by atoms with van der Waals surface area (Å²) < 4.78 is 6.57. The zero-order chi connectivity index (χ0) is 17.8. The number of rotatable bonds is 6. The van der Waals surface area contributed by atoms with Gasteiger partial charge in [-0.05, 0) is 42.7 Å². The molecule has 1 aliphatic rings. The molecule has 1 aliphatic heterocycles. The molecule has 25 heavy (non-hydrogen) atoms. The highest BCUT2D eigenvalue weighted by Gasteiger charge is 2.39. The number of nitrogens with zero attached hydrogens (tertiary/aromatic N) is 1. The fourth-order valence-corrected chi connectivity index (χ4v) is 4.17. The Balaban J connectivity index is 1.75. The van der Waals surface area contributed by atoms with Crippen LogP contribution in [0.1, 0.15) is 18.1 Å². The topological polar surface area (TPSA) is 46.6 Å². The Morgan fingerprint density at radius 2 is 1.92 bits per heavy atom. The van der Waals surface area contributed by atoms with Crippen LogP contribution in [-0.4, -0.2) is 27.9 Å². The van der Waals surface area contributed by atoms with Crippen LogP contribution in [-0.2, 0) is 17.8 Å². The molecule has 1 saturated heterocycles. The predicted octanol–water partition coefficient (Wildman–Crippen LogP) is 4.65. The molecular weight excluding hydrogens is 402 g/mol. The van der Waals surface area contributed by atoms with Crippen molar-refractivity contribution in [3.8, 4) is 5.75 Å². The SMILES string of the molecule is CCOc1ccc(Br)cc1C[C@H]1SC(=O)N(Cc2ccccc2)C1=O. The van der Waals surface area contributed by atoms with Gasteiger partial charge in [0.1, 0.15) is 5.75 Å². The van der Waals surface area contributed by atoms with Crippen molar-refractivity contribution in [3.63, 3.8) is 0 Å². The first-order chi connectivity index (χ1) is 12.1. The van der Waals surface area contributed by atoms with Crippen LogP contribution in [0.2, 0.25) is 0 Å². The number of thioether (sulfide) groups is 1. The minimum atomic E-state index is -0.412. The molecule has 2 aromatic rings. The van der Waals surface area contributed by atoms with E-state index in [0.29, 0.717) is 19.6 Å². The Morgan fingerprint density at radius 1 is 1.16 bits per heavy atom. The van der Waals surface area contributed by atoms with Gasteiger partial charge in [0.25, 0.3) is 5.24 Å². The van der Waals surface area contributed by atoms with E-state index in [4.69, 9.17) is 4.74 Å². The predicted molar refractivity (Wildman–Crippen MR) is 103 cm³/mol. The number of halogens is 1. The molecule has 0 bridgehead atoms. The standard InChI is InChI=1S/C19H18BrNO3S/c1-2-24-16-9-8-15(20)10-14(16)11-17-18(22)21(19(23)25-17)12-13-6-4-3-5-7-13/h3-10,17H,2,11-12H2,1H3/t17-/m1/s1. The van der Waals surface area contributed by atoms with Gasteiger partial charge in [-0.3, -0.25) is 14.5 Å². The number of ether oxygens (including phenoxy) is 1. The van der Waals surface area contributed by atoms with E-state index in [0.717, 1.165) is 33.1 Å². The molecule has 0 aliphatic carbocycles. The second kappa shape index (κ2) is 8.06. The highest BCUT2D eigenvalue weighted by atomic mass is 79.9. The minimum absolute atomic E-state index is 0.138. The van der Waals surface area contributed by atoms with Gasteiger partial charge in [0.05, 0.1) is 18.4 Å². The van der Waals surface area contributed by atoms with Gasteiger partial charge in [-0.15, -0.1) is 0 Å².